The Labute approximate surface area is 347 Å². The molecule has 0 unspecified atom stereocenters. The van der Waals surface area contributed by atoms with Crippen LogP contribution < -0.4 is 4.90 Å². The summed E-state index contributed by atoms with van der Waals surface area (Å²) < 4.78 is 0. The van der Waals surface area contributed by atoms with Crippen LogP contribution in [-0.2, 0) is 10.8 Å². The molecule has 0 radical (unpaired) electrons. The second-order valence-corrected chi connectivity index (χ2v) is 17.6. The van der Waals surface area contributed by atoms with Gasteiger partial charge in [0.25, 0.3) is 0 Å². The van der Waals surface area contributed by atoms with Gasteiger partial charge >= 0.3 is 0 Å². The zero-order valence-electron chi connectivity index (χ0n) is 33.7. The van der Waals surface area contributed by atoms with E-state index in [4.69, 9.17) is 0 Å². The topological polar surface area (TPSA) is 3.24 Å². The fourth-order valence-corrected chi connectivity index (χ4v) is 11.4. The van der Waals surface area contributed by atoms with Crippen molar-refractivity contribution in [3.8, 4) is 44.5 Å². The Bertz CT molecular complexity index is 3120. The highest BCUT2D eigenvalue weighted by Gasteiger charge is 2.45. The van der Waals surface area contributed by atoms with Crippen molar-refractivity contribution in [2.75, 3.05) is 4.90 Å². The molecule has 1 saturated carbocycles. The van der Waals surface area contributed by atoms with Crippen molar-refractivity contribution in [3.63, 3.8) is 0 Å². The van der Waals surface area contributed by atoms with Crippen molar-refractivity contribution < 1.29 is 0 Å². The van der Waals surface area contributed by atoms with E-state index in [1.807, 2.05) is 0 Å². The Hall–Kier alpha value is -6.70. The van der Waals surface area contributed by atoms with Gasteiger partial charge in [-0.15, -0.1) is 0 Å². The lowest BCUT2D eigenvalue weighted by molar-refractivity contribution is 0.550. The highest BCUT2D eigenvalue weighted by molar-refractivity contribution is 6.08. The number of fused-ring (bicyclic) bond motifs is 11. The summed E-state index contributed by atoms with van der Waals surface area (Å²) in [7, 11) is 0. The van der Waals surface area contributed by atoms with Gasteiger partial charge in [-0.1, -0.05) is 172 Å². The molecule has 0 aromatic heterocycles. The molecule has 9 aromatic rings. The summed E-state index contributed by atoms with van der Waals surface area (Å²) in [5.74, 6) is 0. The maximum absolute atomic E-state index is 2.53. The molecular formula is C58H45N. The molecule has 3 aliphatic rings. The van der Waals surface area contributed by atoms with Crippen molar-refractivity contribution in [1.29, 1.82) is 0 Å². The first-order valence-corrected chi connectivity index (χ1v) is 21.4. The van der Waals surface area contributed by atoms with E-state index in [0.29, 0.717) is 0 Å². The van der Waals surface area contributed by atoms with Crippen LogP contribution in [0, 0.1) is 0 Å². The van der Waals surface area contributed by atoms with E-state index in [1.54, 1.807) is 0 Å². The van der Waals surface area contributed by atoms with E-state index >= 15 is 0 Å². The van der Waals surface area contributed by atoms with E-state index in [9.17, 15) is 0 Å². The number of hydrogen-bond acceptors (Lipinski definition) is 1. The summed E-state index contributed by atoms with van der Waals surface area (Å²) in [6.07, 6.45) is 4.99. The molecule has 1 nitrogen and oxygen atoms in total. The number of nitrogens with zero attached hydrogens (tertiary/aromatic N) is 1. The first kappa shape index (κ1) is 34.4. The van der Waals surface area contributed by atoms with Crippen LogP contribution in [0.1, 0.15) is 61.8 Å². The Balaban J connectivity index is 0.968. The standard InChI is InChI=1S/C58H45N/c1-57(2)53-18-7-5-15-50(53)52-17-11-16-48(56(52)57)40-24-29-44(30-25-40)59(45-31-33-51-49-14-6-8-19-54(49)58(55(51)37-45)34-9-10-35-58)43-27-22-38(23-28-43)41-26-32-47-42(36-41)21-20-39-12-3-4-13-46(39)47/h3-8,11-33,36-37H,9-10,34-35H2,1-2H3. The first-order chi connectivity index (χ1) is 29.0. The summed E-state index contributed by atoms with van der Waals surface area (Å²) in [5.41, 5.74) is 19.9. The van der Waals surface area contributed by atoms with Gasteiger partial charge in [0.2, 0.25) is 0 Å². The zero-order chi connectivity index (χ0) is 39.3. The lowest BCUT2D eigenvalue weighted by atomic mass is 9.76. The highest BCUT2D eigenvalue weighted by atomic mass is 15.1. The Morgan fingerprint density at radius 2 is 0.932 bits per heavy atom. The largest absolute Gasteiger partial charge is 0.310 e. The molecule has 282 valence electrons. The third kappa shape index (κ3) is 5.10. The minimum absolute atomic E-state index is 0.0774. The normalized spacial score (nSPS) is 15.3. The summed E-state index contributed by atoms with van der Waals surface area (Å²) in [6.45, 7) is 4.76. The van der Waals surface area contributed by atoms with E-state index in [-0.39, 0.29) is 10.8 Å². The molecule has 59 heavy (non-hydrogen) atoms. The first-order valence-electron chi connectivity index (χ1n) is 21.4. The van der Waals surface area contributed by atoms with Crippen molar-refractivity contribution in [2.45, 2.75) is 50.4 Å². The Morgan fingerprint density at radius 3 is 1.71 bits per heavy atom. The summed E-state index contributed by atoms with van der Waals surface area (Å²) in [4.78, 5) is 2.47. The smallest absolute Gasteiger partial charge is 0.0465 e. The van der Waals surface area contributed by atoms with Crippen molar-refractivity contribution >= 4 is 38.6 Å². The average Bonchev–Trinajstić information content (AvgIpc) is 3.96. The quantitative estimate of drug-likeness (QED) is 0.158. The van der Waals surface area contributed by atoms with Crippen LogP contribution in [0.3, 0.4) is 0 Å². The van der Waals surface area contributed by atoms with Crippen LogP contribution in [0.4, 0.5) is 17.1 Å². The lowest BCUT2D eigenvalue weighted by Gasteiger charge is -2.30. The molecular weight excluding hydrogens is 711 g/mol. The summed E-state index contributed by atoms with van der Waals surface area (Å²) >= 11 is 0. The number of anilines is 3. The van der Waals surface area contributed by atoms with Crippen LogP contribution >= 0.6 is 0 Å². The van der Waals surface area contributed by atoms with Crippen LogP contribution in [-0.4, -0.2) is 0 Å². The second-order valence-electron chi connectivity index (χ2n) is 17.6. The monoisotopic (exact) mass is 755 g/mol. The van der Waals surface area contributed by atoms with E-state index < -0.39 is 0 Å². The third-order valence-electron chi connectivity index (χ3n) is 14.2. The summed E-state index contributed by atoms with van der Waals surface area (Å²) in [6, 6.07) is 70.9. The molecule has 0 amide bonds. The van der Waals surface area contributed by atoms with Crippen LogP contribution in [0.25, 0.3) is 66.1 Å². The van der Waals surface area contributed by atoms with Crippen molar-refractivity contribution in [1.82, 2.24) is 0 Å². The van der Waals surface area contributed by atoms with Crippen molar-refractivity contribution in [3.05, 3.63) is 210 Å². The molecule has 0 heterocycles. The molecule has 9 aromatic carbocycles. The van der Waals surface area contributed by atoms with Gasteiger partial charge in [0.05, 0.1) is 0 Å². The van der Waals surface area contributed by atoms with E-state index in [1.165, 1.54) is 120 Å². The molecule has 1 fully saturated rings. The number of rotatable bonds is 5. The minimum Gasteiger partial charge on any atom is -0.310 e. The fraction of sp³-hybridized carbons (Fsp3) is 0.138. The van der Waals surface area contributed by atoms with Gasteiger partial charge in [-0.05, 0) is 144 Å². The molecule has 0 saturated heterocycles. The number of benzene rings is 9. The van der Waals surface area contributed by atoms with Crippen molar-refractivity contribution in [2.24, 2.45) is 0 Å². The van der Waals surface area contributed by atoms with Gasteiger partial charge in [0, 0.05) is 27.9 Å². The minimum atomic E-state index is -0.0774. The van der Waals surface area contributed by atoms with Gasteiger partial charge in [0.15, 0.2) is 0 Å². The summed E-state index contributed by atoms with van der Waals surface area (Å²) in [5, 5.41) is 5.14. The molecule has 3 aliphatic carbocycles. The van der Waals surface area contributed by atoms with Gasteiger partial charge < -0.3 is 4.90 Å². The fourth-order valence-electron chi connectivity index (χ4n) is 11.4. The van der Waals surface area contributed by atoms with Crippen LogP contribution in [0.15, 0.2) is 188 Å². The Morgan fingerprint density at radius 1 is 0.373 bits per heavy atom. The van der Waals surface area contributed by atoms with E-state index in [2.05, 4.69) is 207 Å². The predicted molar refractivity (Wildman–Crippen MR) is 249 cm³/mol. The molecule has 0 aliphatic heterocycles. The zero-order valence-corrected chi connectivity index (χ0v) is 33.7. The maximum atomic E-state index is 2.53. The highest BCUT2D eigenvalue weighted by Crippen LogP contribution is 2.58. The molecule has 0 N–H and O–H groups in total. The van der Waals surface area contributed by atoms with Gasteiger partial charge in [-0.25, -0.2) is 0 Å². The molecule has 0 bridgehead atoms. The van der Waals surface area contributed by atoms with Gasteiger partial charge in [-0.2, -0.15) is 0 Å². The number of hydrogen-bond donors (Lipinski definition) is 0. The maximum Gasteiger partial charge on any atom is 0.0465 e. The van der Waals surface area contributed by atoms with Gasteiger partial charge in [-0.3, -0.25) is 0 Å². The second kappa shape index (κ2) is 12.9. The van der Waals surface area contributed by atoms with Gasteiger partial charge in [0.1, 0.15) is 0 Å². The molecule has 12 rings (SSSR count). The van der Waals surface area contributed by atoms with E-state index in [0.717, 1.165) is 11.4 Å². The van der Waals surface area contributed by atoms with Crippen LogP contribution in [0.2, 0.25) is 0 Å². The van der Waals surface area contributed by atoms with Crippen LogP contribution in [0.5, 0.6) is 0 Å². The SMILES string of the molecule is CC1(C)c2ccccc2-c2cccc(-c3ccc(N(c4ccc(-c5ccc6c(ccc7ccccc76)c5)cc4)c4ccc5c(c4)C4(CCCC4)c4ccccc4-5)cc3)c21. The molecule has 1 heteroatoms. The third-order valence-corrected chi connectivity index (χ3v) is 14.2. The molecule has 0 atom stereocenters. The average molecular weight is 756 g/mol. The predicted octanol–water partition coefficient (Wildman–Crippen LogP) is 15.9. The Kier molecular flexibility index (Phi) is 7.51. The lowest BCUT2D eigenvalue weighted by Crippen LogP contribution is -2.21. The molecule has 1 spiro atoms.